The van der Waals surface area contributed by atoms with Gasteiger partial charge in [0.1, 0.15) is 22.7 Å². The summed E-state index contributed by atoms with van der Waals surface area (Å²) in [5.74, 6) is -0.198. The Balaban J connectivity index is 2.30. The molecule has 2 rings (SSSR count). The number of nitrogens with zero attached hydrogens (tertiary/aromatic N) is 3. The number of nitrogens with one attached hydrogen (secondary N) is 1. The standard InChI is InChI=1S/C14H14N4OS/c1-14(2,3)13(19)9(7-15)8-16-10-5-4-6-11-12(10)18-20-17-11/h4-6,8,16H,1-3H3. The third-order valence-electron chi connectivity index (χ3n) is 2.70. The molecule has 0 radical (unpaired) electrons. The highest BCUT2D eigenvalue weighted by molar-refractivity contribution is 7.00. The minimum absolute atomic E-state index is 0.0951. The first-order chi connectivity index (χ1) is 9.43. The first kappa shape index (κ1) is 14.2. The van der Waals surface area contributed by atoms with Gasteiger partial charge in [-0.1, -0.05) is 26.8 Å². The Labute approximate surface area is 121 Å². The molecule has 0 atom stereocenters. The number of Topliss-reactive ketones (excluding diaryl/α,β-unsaturated/α-hetero) is 1. The molecule has 1 N–H and O–H groups in total. The van der Waals surface area contributed by atoms with Gasteiger partial charge in [0.25, 0.3) is 0 Å². The van der Waals surface area contributed by atoms with Crippen LogP contribution in [0.4, 0.5) is 5.69 Å². The van der Waals surface area contributed by atoms with Crippen molar-refractivity contribution in [2.45, 2.75) is 20.8 Å². The maximum atomic E-state index is 12.1. The highest BCUT2D eigenvalue weighted by Crippen LogP contribution is 2.23. The van der Waals surface area contributed by atoms with Crippen LogP contribution in [0.3, 0.4) is 0 Å². The summed E-state index contributed by atoms with van der Waals surface area (Å²) in [4.78, 5) is 12.1. The Morgan fingerprint density at radius 1 is 1.40 bits per heavy atom. The van der Waals surface area contributed by atoms with E-state index in [1.807, 2.05) is 24.3 Å². The highest BCUT2D eigenvalue weighted by Gasteiger charge is 2.25. The van der Waals surface area contributed by atoms with E-state index in [9.17, 15) is 4.79 Å². The predicted molar refractivity (Wildman–Crippen MR) is 79.2 cm³/mol. The molecule has 0 aliphatic rings. The van der Waals surface area contributed by atoms with Crippen molar-refractivity contribution in [1.82, 2.24) is 8.75 Å². The summed E-state index contributed by atoms with van der Waals surface area (Å²) in [6, 6.07) is 7.47. The van der Waals surface area contributed by atoms with Crippen LogP contribution < -0.4 is 5.32 Å². The zero-order chi connectivity index (χ0) is 14.8. The normalized spacial score (nSPS) is 12.2. The quantitative estimate of drug-likeness (QED) is 0.692. The topological polar surface area (TPSA) is 78.7 Å². The minimum atomic E-state index is -0.586. The average molecular weight is 286 g/mol. The fourth-order valence-electron chi connectivity index (χ4n) is 1.63. The lowest BCUT2D eigenvalue weighted by Gasteiger charge is -2.15. The van der Waals surface area contributed by atoms with Gasteiger partial charge in [0, 0.05) is 11.6 Å². The zero-order valence-electron chi connectivity index (χ0n) is 11.5. The summed E-state index contributed by atoms with van der Waals surface area (Å²) in [7, 11) is 0. The Hall–Kier alpha value is -2.26. The first-order valence-electron chi connectivity index (χ1n) is 6.06. The van der Waals surface area contributed by atoms with Crippen molar-refractivity contribution in [2.75, 3.05) is 5.32 Å². The lowest BCUT2D eigenvalue weighted by atomic mass is 9.87. The van der Waals surface area contributed by atoms with Crippen LogP contribution in [0.1, 0.15) is 20.8 Å². The molecule has 1 heterocycles. The lowest BCUT2D eigenvalue weighted by molar-refractivity contribution is -0.122. The van der Waals surface area contributed by atoms with E-state index in [2.05, 4.69) is 14.1 Å². The number of carbonyl (C=O) groups is 1. The number of aromatic nitrogens is 2. The highest BCUT2D eigenvalue weighted by atomic mass is 32.1. The number of hydrogen-bond acceptors (Lipinski definition) is 6. The van der Waals surface area contributed by atoms with Crippen molar-refractivity contribution in [3.05, 3.63) is 30.0 Å². The second-order valence-electron chi connectivity index (χ2n) is 5.33. The van der Waals surface area contributed by atoms with Crippen molar-refractivity contribution >= 4 is 34.2 Å². The Morgan fingerprint density at radius 2 is 2.15 bits per heavy atom. The molecular formula is C14H14N4OS. The number of fused-ring (bicyclic) bond motifs is 1. The van der Waals surface area contributed by atoms with Crippen LogP contribution in [0, 0.1) is 16.7 Å². The van der Waals surface area contributed by atoms with Gasteiger partial charge in [0.2, 0.25) is 0 Å². The van der Waals surface area contributed by atoms with Crippen LogP contribution in [0.2, 0.25) is 0 Å². The molecular weight excluding hydrogens is 272 g/mol. The summed E-state index contributed by atoms with van der Waals surface area (Å²) in [6.45, 7) is 5.35. The van der Waals surface area contributed by atoms with E-state index in [0.717, 1.165) is 28.4 Å². The number of ketones is 1. The Kier molecular flexibility index (Phi) is 3.81. The maximum Gasteiger partial charge on any atom is 0.180 e. The summed E-state index contributed by atoms with van der Waals surface area (Å²) in [5, 5.41) is 12.1. The van der Waals surface area contributed by atoms with Gasteiger partial charge in [-0.15, -0.1) is 0 Å². The fourth-order valence-corrected chi connectivity index (χ4v) is 2.17. The number of hydrogen-bond donors (Lipinski definition) is 1. The van der Waals surface area contributed by atoms with Gasteiger partial charge in [-0.3, -0.25) is 4.79 Å². The molecule has 2 aromatic rings. The number of nitriles is 1. The number of carbonyl (C=O) groups excluding carboxylic acids is 1. The predicted octanol–water partition coefficient (Wildman–Crippen LogP) is 3.13. The van der Waals surface area contributed by atoms with E-state index in [0.29, 0.717) is 0 Å². The molecule has 0 spiro atoms. The number of benzene rings is 1. The van der Waals surface area contributed by atoms with E-state index in [4.69, 9.17) is 5.26 Å². The lowest BCUT2D eigenvalue weighted by Crippen LogP contribution is -2.22. The minimum Gasteiger partial charge on any atom is -0.358 e. The molecule has 0 bridgehead atoms. The summed E-state index contributed by atoms with van der Waals surface area (Å²) >= 11 is 1.12. The smallest absolute Gasteiger partial charge is 0.180 e. The van der Waals surface area contributed by atoms with Gasteiger partial charge in [-0.2, -0.15) is 14.0 Å². The second kappa shape index (κ2) is 5.39. The van der Waals surface area contributed by atoms with Crippen molar-refractivity contribution in [1.29, 1.82) is 5.26 Å². The van der Waals surface area contributed by atoms with E-state index >= 15 is 0 Å². The molecule has 1 aromatic carbocycles. The molecule has 0 amide bonds. The molecule has 0 unspecified atom stereocenters. The fraction of sp³-hybridized carbons (Fsp3) is 0.286. The van der Waals surface area contributed by atoms with Gasteiger partial charge >= 0.3 is 0 Å². The summed E-state index contributed by atoms with van der Waals surface area (Å²) in [5.41, 5.74) is 1.75. The van der Waals surface area contributed by atoms with E-state index in [1.165, 1.54) is 6.20 Å². The Bertz CT molecular complexity index is 719. The van der Waals surface area contributed by atoms with Crippen LogP contribution in [0.15, 0.2) is 30.0 Å². The van der Waals surface area contributed by atoms with Crippen molar-refractivity contribution < 1.29 is 4.79 Å². The Morgan fingerprint density at radius 3 is 2.80 bits per heavy atom. The zero-order valence-corrected chi connectivity index (χ0v) is 12.3. The van der Waals surface area contributed by atoms with Gasteiger partial charge in [0.15, 0.2) is 5.78 Å². The molecule has 5 nitrogen and oxygen atoms in total. The number of anilines is 1. The van der Waals surface area contributed by atoms with Gasteiger partial charge < -0.3 is 5.32 Å². The monoisotopic (exact) mass is 286 g/mol. The maximum absolute atomic E-state index is 12.1. The van der Waals surface area contributed by atoms with E-state index in [-0.39, 0.29) is 11.4 Å². The summed E-state index contributed by atoms with van der Waals surface area (Å²) in [6.07, 6.45) is 1.43. The van der Waals surface area contributed by atoms with Crippen LogP contribution in [-0.4, -0.2) is 14.5 Å². The molecule has 0 saturated carbocycles. The molecule has 1 aromatic heterocycles. The molecule has 0 saturated heterocycles. The molecule has 20 heavy (non-hydrogen) atoms. The number of allylic oxidation sites excluding steroid dienone is 1. The molecule has 102 valence electrons. The van der Waals surface area contributed by atoms with Gasteiger partial charge in [-0.25, -0.2) is 0 Å². The SMILES string of the molecule is CC(C)(C)C(=O)C(C#N)=CNc1cccc2nsnc12. The average Bonchev–Trinajstić information content (AvgIpc) is 2.87. The van der Waals surface area contributed by atoms with E-state index < -0.39 is 5.41 Å². The molecule has 6 heteroatoms. The van der Waals surface area contributed by atoms with Crippen LogP contribution in [-0.2, 0) is 4.79 Å². The largest absolute Gasteiger partial charge is 0.358 e. The van der Waals surface area contributed by atoms with Crippen molar-refractivity contribution in [3.63, 3.8) is 0 Å². The second-order valence-corrected chi connectivity index (χ2v) is 5.86. The van der Waals surface area contributed by atoms with Crippen LogP contribution >= 0.6 is 11.7 Å². The first-order valence-corrected chi connectivity index (χ1v) is 6.79. The number of rotatable bonds is 3. The van der Waals surface area contributed by atoms with Crippen molar-refractivity contribution in [3.8, 4) is 6.07 Å². The van der Waals surface area contributed by atoms with Crippen LogP contribution in [0.25, 0.3) is 11.0 Å². The van der Waals surface area contributed by atoms with Gasteiger partial charge in [0.05, 0.1) is 17.4 Å². The molecule has 0 aliphatic carbocycles. The third-order valence-corrected chi connectivity index (χ3v) is 3.25. The van der Waals surface area contributed by atoms with Crippen LogP contribution in [0.5, 0.6) is 0 Å². The molecule has 0 fully saturated rings. The van der Waals surface area contributed by atoms with E-state index in [1.54, 1.807) is 20.8 Å². The third kappa shape index (κ3) is 2.83. The summed E-state index contributed by atoms with van der Waals surface area (Å²) < 4.78 is 8.33. The van der Waals surface area contributed by atoms with Crippen molar-refractivity contribution in [2.24, 2.45) is 5.41 Å². The van der Waals surface area contributed by atoms with Gasteiger partial charge in [-0.05, 0) is 12.1 Å². The molecule has 0 aliphatic heterocycles.